The minimum atomic E-state index is -3.63. The highest BCUT2D eigenvalue weighted by molar-refractivity contribution is 7.89. The summed E-state index contributed by atoms with van der Waals surface area (Å²) in [6.07, 6.45) is 0. The summed E-state index contributed by atoms with van der Waals surface area (Å²) < 4.78 is 25.9. The molecule has 1 amide bonds. The van der Waals surface area contributed by atoms with Crippen molar-refractivity contribution in [3.63, 3.8) is 0 Å². The highest BCUT2D eigenvalue weighted by Gasteiger charge is 2.37. The van der Waals surface area contributed by atoms with Crippen molar-refractivity contribution in [2.45, 2.75) is 10.9 Å². The standard InChI is InChI=1S/C17H14N6O3S/c1-19-27(25,26)14-9-5-6-12(10-14)20-21-16-15(11-18)22-23(17(16)24)13-7-3-2-4-8-13/h2-10,16,19H,1H3. The van der Waals surface area contributed by atoms with E-state index in [0.717, 1.165) is 5.01 Å². The molecule has 1 atom stereocenters. The number of anilines is 1. The number of hydrazone groups is 1. The Morgan fingerprint density at radius 3 is 2.59 bits per heavy atom. The lowest BCUT2D eigenvalue weighted by atomic mass is 10.2. The van der Waals surface area contributed by atoms with E-state index in [-0.39, 0.29) is 16.3 Å². The molecule has 0 saturated heterocycles. The van der Waals surface area contributed by atoms with Gasteiger partial charge in [-0.2, -0.15) is 25.6 Å². The van der Waals surface area contributed by atoms with Gasteiger partial charge in [-0.3, -0.25) is 4.79 Å². The number of nitrogens with zero attached hydrogens (tertiary/aromatic N) is 5. The first kappa shape index (κ1) is 18.4. The van der Waals surface area contributed by atoms with Crippen LogP contribution in [0.25, 0.3) is 0 Å². The zero-order valence-corrected chi connectivity index (χ0v) is 15.0. The highest BCUT2D eigenvalue weighted by atomic mass is 32.2. The van der Waals surface area contributed by atoms with Gasteiger partial charge >= 0.3 is 0 Å². The Hall–Kier alpha value is -3.42. The second kappa shape index (κ2) is 7.45. The maximum atomic E-state index is 12.6. The van der Waals surface area contributed by atoms with Gasteiger partial charge in [-0.15, -0.1) is 0 Å². The molecule has 2 aromatic rings. The van der Waals surface area contributed by atoms with E-state index >= 15 is 0 Å². The van der Waals surface area contributed by atoms with E-state index in [1.807, 2.05) is 6.07 Å². The van der Waals surface area contributed by atoms with Crippen molar-refractivity contribution in [2.75, 3.05) is 12.1 Å². The molecule has 136 valence electrons. The van der Waals surface area contributed by atoms with Crippen LogP contribution in [0, 0.1) is 11.3 Å². The van der Waals surface area contributed by atoms with Crippen LogP contribution in [-0.4, -0.2) is 33.1 Å². The lowest BCUT2D eigenvalue weighted by Crippen LogP contribution is -2.30. The first-order valence-corrected chi connectivity index (χ1v) is 9.26. The number of para-hydroxylation sites is 1. The molecular weight excluding hydrogens is 368 g/mol. The van der Waals surface area contributed by atoms with Gasteiger partial charge in [0.2, 0.25) is 16.1 Å². The topological polar surface area (TPSA) is 127 Å². The van der Waals surface area contributed by atoms with Crippen molar-refractivity contribution in [2.24, 2.45) is 15.3 Å². The molecule has 2 aromatic carbocycles. The Labute approximate surface area is 155 Å². The van der Waals surface area contributed by atoms with Gasteiger partial charge in [-0.05, 0) is 37.4 Å². The van der Waals surface area contributed by atoms with E-state index in [1.54, 1.807) is 30.3 Å². The van der Waals surface area contributed by atoms with Crippen LogP contribution in [0.1, 0.15) is 0 Å². The predicted octanol–water partition coefficient (Wildman–Crippen LogP) is 1.97. The Balaban J connectivity index is 1.88. The molecule has 9 nitrogen and oxygen atoms in total. The second-order valence-electron chi connectivity index (χ2n) is 5.41. The molecule has 0 bridgehead atoms. The number of hydrogen-bond acceptors (Lipinski definition) is 7. The minimum absolute atomic E-state index is 0.0132. The SMILES string of the molecule is CNS(=O)(=O)c1cccc(N=NC2C(=O)N(c3ccccc3)N=C2C#N)c1. The zero-order valence-electron chi connectivity index (χ0n) is 14.1. The van der Waals surface area contributed by atoms with Gasteiger partial charge in [0.05, 0.1) is 16.3 Å². The van der Waals surface area contributed by atoms with Crippen molar-refractivity contribution in [1.82, 2.24) is 4.72 Å². The lowest BCUT2D eigenvalue weighted by molar-refractivity contribution is -0.117. The van der Waals surface area contributed by atoms with Crippen molar-refractivity contribution in [1.29, 1.82) is 5.26 Å². The first-order chi connectivity index (χ1) is 13.0. The smallest absolute Gasteiger partial charge is 0.269 e. The third kappa shape index (κ3) is 3.74. The number of sulfonamides is 1. The van der Waals surface area contributed by atoms with E-state index in [4.69, 9.17) is 0 Å². The molecule has 27 heavy (non-hydrogen) atoms. The van der Waals surface area contributed by atoms with E-state index in [1.165, 1.54) is 31.3 Å². The van der Waals surface area contributed by atoms with Crippen LogP contribution in [0.2, 0.25) is 0 Å². The predicted molar refractivity (Wildman–Crippen MR) is 98.0 cm³/mol. The van der Waals surface area contributed by atoms with Gasteiger partial charge in [-0.1, -0.05) is 24.3 Å². The molecule has 1 unspecified atom stereocenters. The molecule has 0 fully saturated rings. The van der Waals surface area contributed by atoms with Crippen LogP contribution in [-0.2, 0) is 14.8 Å². The maximum Gasteiger partial charge on any atom is 0.281 e. The molecule has 1 heterocycles. The van der Waals surface area contributed by atoms with Gasteiger partial charge in [0.1, 0.15) is 6.07 Å². The number of azo groups is 1. The van der Waals surface area contributed by atoms with Crippen LogP contribution in [0.15, 0.2) is 74.8 Å². The van der Waals surface area contributed by atoms with Crippen molar-refractivity contribution >= 4 is 33.0 Å². The number of carbonyl (C=O) groups excluding carboxylic acids is 1. The molecule has 1 N–H and O–H groups in total. The molecule has 0 spiro atoms. The Bertz CT molecular complexity index is 1070. The number of nitrogens with one attached hydrogen (secondary N) is 1. The van der Waals surface area contributed by atoms with Crippen LogP contribution in [0.5, 0.6) is 0 Å². The van der Waals surface area contributed by atoms with Crippen LogP contribution in [0.3, 0.4) is 0 Å². The third-order valence-corrected chi connectivity index (χ3v) is 5.12. The van der Waals surface area contributed by atoms with Crippen LogP contribution < -0.4 is 9.73 Å². The van der Waals surface area contributed by atoms with Gasteiger partial charge in [0, 0.05) is 0 Å². The summed E-state index contributed by atoms with van der Waals surface area (Å²) >= 11 is 0. The summed E-state index contributed by atoms with van der Waals surface area (Å²) in [6, 6.07) is 15.1. The summed E-state index contributed by atoms with van der Waals surface area (Å²) in [6.45, 7) is 0. The lowest BCUT2D eigenvalue weighted by Gasteiger charge is -2.11. The number of rotatable bonds is 5. The van der Waals surface area contributed by atoms with Gasteiger partial charge in [0.25, 0.3) is 5.91 Å². The minimum Gasteiger partial charge on any atom is -0.269 e. The number of hydrogen-bond donors (Lipinski definition) is 1. The molecule has 0 aliphatic carbocycles. The number of nitriles is 1. The van der Waals surface area contributed by atoms with Crippen LogP contribution >= 0.6 is 0 Å². The fourth-order valence-corrected chi connectivity index (χ4v) is 3.11. The molecule has 3 rings (SSSR count). The van der Waals surface area contributed by atoms with Gasteiger partial charge < -0.3 is 0 Å². The van der Waals surface area contributed by atoms with Gasteiger partial charge in [-0.25, -0.2) is 13.1 Å². The quantitative estimate of drug-likeness (QED) is 0.793. The number of amides is 1. The summed E-state index contributed by atoms with van der Waals surface area (Å²) in [5.74, 6) is -0.513. The third-order valence-electron chi connectivity index (χ3n) is 3.71. The molecule has 0 radical (unpaired) electrons. The Morgan fingerprint density at radius 1 is 1.19 bits per heavy atom. The molecule has 1 aliphatic rings. The average Bonchev–Trinajstić information content (AvgIpc) is 3.03. The monoisotopic (exact) mass is 382 g/mol. The molecule has 10 heteroatoms. The van der Waals surface area contributed by atoms with Gasteiger partial charge in [0.15, 0.2) is 5.71 Å². The number of benzene rings is 2. The van der Waals surface area contributed by atoms with E-state index < -0.39 is 22.0 Å². The van der Waals surface area contributed by atoms with Crippen LogP contribution in [0.4, 0.5) is 11.4 Å². The largest absolute Gasteiger partial charge is 0.281 e. The highest BCUT2D eigenvalue weighted by Crippen LogP contribution is 2.24. The zero-order chi connectivity index (χ0) is 19.4. The Kier molecular flexibility index (Phi) is 5.07. The maximum absolute atomic E-state index is 12.6. The second-order valence-corrected chi connectivity index (χ2v) is 7.29. The normalized spacial score (nSPS) is 17.2. The molecule has 1 aliphatic heterocycles. The molecule has 0 aromatic heterocycles. The first-order valence-electron chi connectivity index (χ1n) is 7.78. The number of carbonyl (C=O) groups is 1. The summed E-state index contributed by atoms with van der Waals surface area (Å²) in [7, 11) is -2.33. The van der Waals surface area contributed by atoms with Crippen molar-refractivity contribution < 1.29 is 13.2 Å². The fourth-order valence-electron chi connectivity index (χ4n) is 2.34. The van der Waals surface area contributed by atoms with Crippen molar-refractivity contribution in [3.8, 4) is 6.07 Å². The van der Waals surface area contributed by atoms with Crippen molar-refractivity contribution in [3.05, 3.63) is 54.6 Å². The van der Waals surface area contributed by atoms with E-state index in [9.17, 15) is 18.5 Å². The summed E-state index contributed by atoms with van der Waals surface area (Å²) in [5.41, 5.74) is 0.649. The average molecular weight is 382 g/mol. The Morgan fingerprint density at radius 2 is 1.93 bits per heavy atom. The summed E-state index contributed by atoms with van der Waals surface area (Å²) in [5, 5.41) is 22.2. The fraction of sp³-hybridized carbons (Fsp3) is 0.118. The molecular formula is C17H14N6O3S. The van der Waals surface area contributed by atoms with E-state index in [2.05, 4.69) is 20.1 Å². The van der Waals surface area contributed by atoms with E-state index in [0.29, 0.717) is 5.69 Å². The molecule has 0 saturated carbocycles. The summed E-state index contributed by atoms with van der Waals surface area (Å²) in [4.78, 5) is 12.6.